The van der Waals surface area contributed by atoms with Gasteiger partial charge in [-0.3, -0.25) is 9.59 Å². The Kier molecular flexibility index (Phi) is 7.83. The third-order valence-corrected chi connectivity index (χ3v) is 6.74. The standard InChI is InChI=1S/C29H30ClN3O4/c1-17(2)28(20-5-10-22(30)11-6-20)29(36)31-23-12-7-19(8-13-23)24-16-25(33(32-24)18(3)34)21-9-14-26(35)27(15-21)37-4/h5-15,17,25,28,35H,16H2,1-4H3,(H,31,36). The van der Waals surface area contributed by atoms with Crippen LogP contribution < -0.4 is 10.1 Å². The summed E-state index contributed by atoms with van der Waals surface area (Å²) >= 11 is 6.02. The maximum atomic E-state index is 13.1. The van der Waals surface area contributed by atoms with Gasteiger partial charge in [0.2, 0.25) is 11.8 Å². The van der Waals surface area contributed by atoms with Crippen molar-refractivity contribution in [2.45, 2.75) is 39.2 Å². The lowest BCUT2D eigenvalue weighted by Gasteiger charge is -2.21. The van der Waals surface area contributed by atoms with E-state index in [4.69, 9.17) is 16.3 Å². The van der Waals surface area contributed by atoms with Gasteiger partial charge in [-0.25, -0.2) is 5.01 Å². The molecule has 8 heteroatoms. The number of carbonyl (C=O) groups is 2. The molecule has 3 aromatic carbocycles. The average molecular weight is 520 g/mol. The third kappa shape index (κ3) is 5.78. The van der Waals surface area contributed by atoms with Gasteiger partial charge in [-0.15, -0.1) is 0 Å². The number of anilines is 1. The number of rotatable bonds is 7. The van der Waals surface area contributed by atoms with Crippen molar-refractivity contribution >= 4 is 34.8 Å². The van der Waals surface area contributed by atoms with E-state index in [-0.39, 0.29) is 35.4 Å². The fourth-order valence-electron chi connectivity index (χ4n) is 4.61. The first-order valence-corrected chi connectivity index (χ1v) is 12.5. The van der Waals surface area contributed by atoms with Gasteiger partial charge in [0, 0.05) is 24.1 Å². The zero-order chi connectivity index (χ0) is 26.7. The first-order valence-electron chi connectivity index (χ1n) is 12.1. The van der Waals surface area contributed by atoms with Crippen LogP contribution in [0.3, 0.4) is 0 Å². The summed E-state index contributed by atoms with van der Waals surface area (Å²) in [6.45, 7) is 5.50. The molecule has 0 bridgehead atoms. The minimum atomic E-state index is -0.316. The van der Waals surface area contributed by atoms with Crippen LogP contribution in [0.15, 0.2) is 71.8 Å². The number of halogens is 1. The number of amides is 2. The van der Waals surface area contributed by atoms with Crippen molar-refractivity contribution in [2.24, 2.45) is 11.0 Å². The van der Waals surface area contributed by atoms with Crippen LogP contribution in [0.4, 0.5) is 5.69 Å². The zero-order valence-corrected chi connectivity index (χ0v) is 22.0. The van der Waals surface area contributed by atoms with Crippen molar-refractivity contribution in [3.63, 3.8) is 0 Å². The summed E-state index contributed by atoms with van der Waals surface area (Å²) in [5, 5.41) is 19.6. The van der Waals surface area contributed by atoms with E-state index >= 15 is 0 Å². The van der Waals surface area contributed by atoms with E-state index in [0.29, 0.717) is 22.9 Å². The van der Waals surface area contributed by atoms with Crippen molar-refractivity contribution in [2.75, 3.05) is 12.4 Å². The van der Waals surface area contributed by atoms with Crippen LogP contribution >= 0.6 is 11.6 Å². The van der Waals surface area contributed by atoms with Crippen LogP contribution in [-0.2, 0) is 9.59 Å². The lowest BCUT2D eigenvalue weighted by molar-refractivity contribution is -0.130. The molecule has 4 rings (SSSR count). The quantitative estimate of drug-likeness (QED) is 0.393. The minimum Gasteiger partial charge on any atom is -0.504 e. The van der Waals surface area contributed by atoms with E-state index in [1.807, 2.05) is 50.2 Å². The normalized spacial score (nSPS) is 15.9. The summed E-state index contributed by atoms with van der Waals surface area (Å²) < 4.78 is 5.23. The Morgan fingerprint density at radius 2 is 1.76 bits per heavy atom. The fourth-order valence-corrected chi connectivity index (χ4v) is 4.74. The summed E-state index contributed by atoms with van der Waals surface area (Å²) in [5.74, 6) is -0.115. The molecule has 0 radical (unpaired) electrons. The van der Waals surface area contributed by atoms with Gasteiger partial charge in [-0.1, -0.05) is 55.8 Å². The highest BCUT2D eigenvalue weighted by Crippen LogP contribution is 2.37. The second-order valence-corrected chi connectivity index (χ2v) is 9.84. The summed E-state index contributed by atoms with van der Waals surface area (Å²) in [7, 11) is 1.48. The summed E-state index contributed by atoms with van der Waals surface area (Å²) in [6.07, 6.45) is 0.505. The number of aromatic hydroxyl groups is 1. The second kappa shape index (κ2) is 11.0. The molecule has 37 heavy (non-hydrogen) atoms. The number of methoxy groups -OCH3 is 1. The summed E-state index contributed by atoms with van der Waals surface area (Å²) in [5.41, 5.74) is 4.02. The number of ether oxygens (including phenoxy) is 1. The highest BCUT2D eigenvalue weighted by atomic mass is 35.5. The first-order chi connectivity index (χ1) is 17.7. The van der Waals surface area contributed by atoms with Gasteiger partial charge >= 0.3 is 0 Å². The molecule has 2 N–H and O–H groups in total. The number of nitrogens with zero attached hydrogens (tertiary/aromatic N) is 2. The van der Waals surface area contributed by atoms with Crippen LogP contribution in [0.2, 0.25) is 5.02 Å². The molecule has 2 atom stereocenters. The Morgan fingerprint density at radius 3 is 2.35 bits per heavy atom. The largest absolute Gasteiger partial charge is 0.504 e. The molecular weight excluding hydrogens is 490 g/mol. The minimum absolute atomic E-state index is 0.0353. The number of phenolic OH excluding ortho intramolecular Hbond substituents is 1. The highest BCUT2D eigenvalue weighted by Gasteiger charge is 2.32. The van der Waals surface area contributed by atoms with Gasteiger partial charge in [0.1, 0.15) is 0 Å². The van der Waals surface area contributed by atoms with Gasteiger partial charge < -0.3 is 15.2 Å². The molecule has 7 nitrogen and oxygen atoms in total. The summed E-state index contributed by atoms with van der Waals surface area (Å²) in [4.78, 5) is 25.5. The van der Waals surface area contributed by atoms with E-state index < -0.39 is 0 Å². The Bertz CT molecular complexity index is 1320. The van der Waals surface area contributed by atoms with E-state index in [1.165, 1.54) is 19.0 Å². The number of benzene rings is 3. The van der Waals surface area contributed by atoms with Gasteiger partial charge in [0.05, 0.1) is 24.8 Å². The average Bonchev–Trinajstić information content (AvgIpc) is 3.32. The molecule has 1 aliphatic rings. The Labute approximate surface area is 221 Å². The fraction of sp³-hybridized carbons (Fsp3) is 0.276. The van der Waals surface area contributed by atoms with Crippen LogP contribution in [0.25, 0.3) is 0 Å². The van der Waals surface area contributed by atoms with Crippen LogP contribution in [0.5, 0.6) is 11.5 Å². The SMILES string of the molecule is COc1cc(C2CC(c3ccc(NC(=O)C(c4ccc(Cl)cc4)C(C)C)cc3)=NN2C(C)=O)ccc1O. The maximum Gasteiger partial charge on any atom is 0.240 e. The smallest absolute Gasteiger partial charge is 0.240 e. The van der Waals surface area contributed by atoms with E-state index in [2.05, 4.69) is 10.4 Å². The Balaban J connectivity index is 1.51. The number of nitrogens with one attached hydrogen (secondary N) is 1. The number of hydrogen-bond donors (Lipinski definition) is 2. The molecular formula is C29H30ClN3O4. The topological polar surface area (TPSA) is 91.2 Å². The number of hydrogen-bond acceptors (Lipinski definition) is 5. The van der Waals surface area contributed by atoms with Gasteiger partial charge in [0.15, 0.2) is 11.5 Å². The number of hydrazone groups is 1. The molecule has 1 heterocycles. The number of carbonyl (C=O) groups excluding carboxylic acids is 2. The van der Waals surface area contributed by atoms with Gasteiger partial charge in [0.25, 0.3) is 0 Å². The van der Waals surface area contributed by atoms with E-state index in [0.717, 1.165) is 22.4 Å². The molecule has 2 amide bonds. The maximum absolute atomic E-state index is 13.1. The Morgan fingerprint density at radius 1 is 1.08 bits per heavy atom. The predicted octanol–water partition coefficient (Wildman–Crippen LogP) is 6.13. The number of phenols is 1. The molecule has 0 fully saturated rings. The molecule has 0 spiro atoms. The molecule has 0 aromatic heterocycles. The Hall–Kier alpha value is -3.84. The molecule has 0 aliphatic carbocycles. The van der Waals surface area contributed by atoms with E-state index in [9.17, 15) is 14.7 Å². The first kappa shape index (κ1) is 26.2. The van der Waals surface area contributed by atoms with Crippen molar-refractivity contribution in [1.82, 2.24) is 5.01 Å². The van der Waals surface area contributed by atoms with Crippen molar-refractivity contribution in [3.05, 3.63) is 88.4 Å². The van der Waals surface area contributed by atoms with Gasteiger partial charge in [-0.2, -0.15) is 5.10 Å². The van der Waals surface area contributed by atoms with Crippen molar-refractivity contribution < 1.29 is 19.4 Å². The molecule has 1 aliphatic heterocycles. The van der Waals surface area contributed by atoms with Crippen LogP contribution in [0.1, 0.15) is 55.8 Å². The van der Waals surface area contributed by atoms with Crippen LogP contribution in [-0.4, -0.2) is 34.8 Å². The lowest BCUT2D eigenvalue weighted by Crippen LogP contribution is -2.25. The van der Waals surface area contributed by atoms with Crippen molar-refractivity contribution in [1.29, 1.82) is 0 Å². The van der Waals surface area contributed by atoms with Gasteiger partial charge in [-0.05, 0) is 59.0 Å². The molecule has 0 saturated carbocycles. The molecule has 192 valence electrons. The van der Waals surface area contributed by atoms with E-state index in [1.54, 1.807) is 30.3 Å². The molecule has 2 unspecified atom stereocenters. The highest BCUT2D eigenvalue weighted by molar-refractivity contribution is 6.30. The summed E-state index contributed by atoms with van der Waals surface area (Å²) in [6, 6.07) is 19.5. The molecule has 3 aromatic rings. The predicted molar refractivity (Wildman–Crippen MR) is 145 cm³/mol. The van der Waals surface area contributed by atoms with Crippen LogP contribution in [0, 0.1) is 5.92 Å². The lowest BCUT2D eigenvalue weighted by atomic mass is 9.87. The second-order valence-electron chi connectivity index (χ2n) is 9.40. The third-order valence-electron chi connectivity index (χ3n) is 6.49. The van der Waals surface area contributed by atoms with Crippen molar-refractivity contribution in [3.8, 4) is 11.5 Å². The zero-order valence-electron chi connectivity index (χ0n) is 21.2. The molecule has 0 saturated heterocycles. The monoisotopic (exact) mass is 519 g/mol.